The Hall–Kier alpha value is -3.74. The first-order chi connectivity index (χ1) is 13.5. The fraction of sp³-hybridized carbons (Fsp3) is 0.143. The van der Waals surface area contributed by atoms with E-state index in [4.69, 9.17) is 4.74 Å². The number of ether oxygens (including phenoxy) is 1. The summed E-state index contributed by atoms with van der Waals surface area (Å²) in [6.07, 6.45) is 3.50. The molecule has 0 saturated carbocycles. The number of aromatic nitrogens is 4. The summed E-state index contributed by atoms with van der Waals surface area (Å²) in [5.74, 6) is 0.853. The second kappa shape index (κ2) is 7.11. The zero-order valence-corrected chi connectivity index (χ0v) is 15.8. The number of carbonyl (C=O) groups is 1. The molecule has 4 rings (SSSR count). The molecule has 0 atom stereocenters. The number of rotatable bonds is 4. The standard InChI is InChI=1S/C21H19N5O2/c1-12-4-5-15(11-23-12)19-20(14-8-9-22-17(10-14)24-13(2)27)25-16-6-7-18(28-3)26-21(16)19/h4-11,25H,1-3H3,(H,22,24,27). The van der Waals surface area contributed by atoms with Crippen molar-refractivity contribution in [3.05, 3.63) is 54.5 Å². The third kappa shape index (κ3) is 3.29. The van der Waals surface area contributed by atoms with E-state index in [-0.39, 0.29) is 5.91 Å². The molecule has 4 aromatic rings. The summed E-state index contributed by atoms with van der Waals surface area (Å²) in [7, 11) is 1.59. The largest absolute Gasteiger partial charge is 0.481 e. The maximum Gasteiger partial charge on any atom is 0.222 e. The number of nitrogens with zero attached hydrogens (tertiary/aromatic N) is 3. The molecule has 4 aromatic heterocycles. The molecular weight excluding hydrogens is 354 g/mol. The summed E-state index contributed by atoms with van der Waals surface area (Å²) in [4.78, 5) is 28.1. The van der Waals surface area contributed by atoms with Gasteiger partial charge in [-0.25, -0.2) is 9.97 Å². The van der Waals surface area contributed by atoms with Crippen molar-refractivity contribution in [1.82, 2.24) is 19.9 Å². The Morgan fingerprint density at radius 3 is 2.68 bits per heavy atom. The number of hydrogen-bond donors (Lipinski definition) is 2. The number of pyridine rings is 3. The van der Waals surface area contributed by atoms with E-state index >= 15 is 0 Å². The van der Waals surface area contributed by atoms with Crippen molar-refractivity contribution >= 4 is 22.8 Å². The Kier molecular flexibility index (Phi) is 4.49. The summed E-state index contributed by atoms with van der Waals surface area (Å²) < 4.78 is 5.31. The van der Waals surface area contributed by atoms with Crippen LogP contribution < -0.4 is 10.1 Å². The predicted molar refractivity (Wildman–Crippen MR) is 108 cm³/mol. The van der Waals surface area contributed by atoms with Crippen molar-refractivity contribution in [1.29, 1.82) is 0 Å². The van der Waals surface area contributed by atoms with Crippen molar-refractivity contribution in [2.24, 2.45) is 0 Å². The molecule has 4 heterocycles. The molecule has 0 spiro atoms. The van der Waals surface area contributed by atoms with Crippen molar-refractivity contribution in [2.75, 3.05) is 12.4 Å². The van der Waals surface area contributed by atoms with Crippen molar-refractivity contribution in [3.8, 4) is 28.3 Å². The first-order valence-electron chi connectivity index (χ1n) is 8.79. The monoisotopic (exact) mass is 373 g/mol. The quantitative estimate of drug-likeness (QED) is 0.565. The number of aryl methyl sites for hydroxylation is 1. The summed E-state index contributed by atoms with van der Waals surface area (Å²) in [6.45, 7) is 3.40. The van der Waals surface area contributed by atoms with Crippen LogP contribution in [0.4, 0.5) is 5.82 Å². The molecular formula is C21H19N5O2. The van der Waals surface area contributed by atoms with Crippen LogP contribution in [0.1, 0.15) is 12.6 Å². The number of fused-ring (bicyclic) bond motifs is 1. The summed E-state index contributed by atoms with van der Waals surface area (Å²) in [6, 6.07) is 11.5. The minimum atomic E-state index is -0.171. The minimum absolute atomic E-state index is 0.171. The number of H-pyrrole nitrogens is 1. The van der Waals surface area contributed by atoms with Crippen LogP contribution in [0.2, 0.25) is 0 Å². The van der Waals surface area contributed by atoms with Gasteiger partial charge in [-0.05, 0) is 31.2 Å². The molecule has 0 aliphatic heterocycles. The molecule has 0 aliphatic rings. The van der Waals surface area contributed by atoms with Crippen LogP contribution in [0.5, 0.6) is 5.88 Å². The highest BCUT2D eigenvalue weighted by atomic mass is 16.5. The highest BCUT2D eigenvalue weighted by Gasteiger charge is 2.18. The summed E-state index contributed by atoms with van der Waals surface area (Å²) >= 11 is 0. The zero-order valence-electron chi connectivity index (χ0n) is 15.8. The molecule has 0 saturated heterocycles. The number of amides is 1. The number of carbonyl (C=O) groups excluding carboxylic acids is 1. The SMILES string of the molecule is COc1ccc2[nH]c(-c3ccnc(NC(C)=O)c3)c(-c3ccc(C)nc3)c2n1. The van der Waals surface area contributed by atoms with E-state index in [2.05, 4.69) is 25.3 Å². The molecule has 0 unspecified atom stereocenters. The van der Waals surface area contributed by atoms with E-state index < -0.39 is 0 Å². The molecule has 2 N–H and O–H groups in total. The van der Waals surface area contributed by atoms with E-state index in [1.165, 1.54) is 6.92 Å². The van der Waals surface area contributed by atoms with E-state index in [0.717, 1.165) is 39.1 Å². The van der Waals surface area contributed by atoms with E-state index in [9.17, 15) is 4.79 Å². The second-order valence-corrected chi connectivity index (χ2v) is 6.42. The van der Waals surface area contributed by atoms with Gasteiger partial charge in [-0.15, -0.1) is 0 Å². The second-order valence-electron chi connectivity index (χ2n) is 6.42. The smallest absolute Gasteiger partial charge is 0.222 e. The predicted octanol–water partition coefficient (Wildman–Crippen LogP) is 3.96. The minimum Gasteiger partial charge on any atom is -0.481 e. The molecule has 0 fully saturated rings. The first-order valence-corrected chi connectivity index (χ1v) is 8.79. The van der Waals surface area contributed by atoms with Gasteiger partial charge in [0, 0.05) is 47.8 Å². The van der Waals surface area contributed by atoms with Gasteiger partial charge >= 0.3 is 0 Å². The molecule has 28 heavy (non-hydrogen) atoms. The maximum atomic E-state index is 11.4. The van der Waals surface area contributed by atoms with E-state index in [1.54, 1.807) is 13.3 Å². The lowest BCUT2D eigenvalue weighted by atomic mass is 10.0. The highest BCUT2D eigenvalue weighted by Crippen LogP contribution is 2.38. The third-order valence-electron chi connectivity index (χ3n) is 4.38. The number of nitrogens with one attached hydrogen (secondary N) is 2. The summed E-state index contributed by atoms with van der Waals surface area (Å²) in [5.41, 5.74) is 6.21. The molecule has 7 nitrogen and oxygen atoms in total. The van der Waals surface area contributed by atoms with Crippen LogP contribution in [-0.2, 0) is 4.79 Å². The van der Waals surface area contributed by atoms with Gasteiger partial charge in [0.1, 0.15) is 11.3 Å². The third-order valence-corrected chi connectivity index (χ3v) is 4.38. The van der Waals surface area contributed by atoms with Gasteiger partial charge in [-0.3, -0.25) is 9.78 Å². The molecule has 0 aliphatic carbocycles. The lowest BCUT2D eigenvalue weighted by Crippen LogP contribution is -2.07. The van der Waals surface area contributed by atoms with E-state index in [0.29, 0.717) is 11.7 Å². The Morgan fingerprint density at radius 2 is 1.96 bits per heavy atom. The first kappa shape index (κ1) is 17.7. The molecule has 0 bridgehead atoms. The van der Waals surface area contributed by atoms with Gasteiger partial charge in [-0.1, -0.05) is 6.07 Å². The van der Waals surface area contributed by atoms with Gasteiger partial charge in [0.05, 0.1) is 18.3 Å². The van der Waals surface area contributed by atoms with Gasteiger partial charge in [0.25, 0.3) is 0 Å². The van der Waals surface area contributed by atoms with Crippen LogP contribution >= 0.6 is 0 Å². The van der Waals surface area contributed by atoms with Crippen LogP contribution in [0.15, 0.2) is 48.8 Å². The van der Waals surface area contributed by atoms with Gasteiger partial charge in [0.2, 0.25) is 11.8 Å². The Morgan fingerprint density at radius 1 is 1.11 bits per heavy atom. The van der Waals surface area contributed by atoms with Crippen LogP contribution in [0, 0.1) is 6.92 Å². The van der Waals surface area contributed by atoms with Crippen molar-refractivity contribution in [3.63, 3.8) is 0 Å². The van der Waals surface area contributed by atoms with Crippen molar-refractivity contribution < 1.29 is 9.53 Å². The average molecular weight is 373 g/mol. The maximum absolute atomic E-state index is 11.4. The van der Waals surface area contributed by atoms with Crippen LogP contribution in [-0.4, -0.2) is 33.0 Å². The fourth-order valence-corrected chi connectivity index (χ4v) is 3.11. The lowest BCUT2D eigenvalue weighted by Gasteiger charge is -2.07. The number of aromatic amines is 1. The Balaban J connectivity index is 1.96. The molecule has 1 amide bonds. The highest BCUT2D eigenvalue weighted by molar-refractivity contribution is 6.02. The normalized spacial score (nSPS) is 10.8. The van der Waals surface area contributed by atoms with Crippen molar-refractivity contribution in [2.45, 2.75) is 13.8 Å². The fourth-order valence-electron chi connectivity index (χ4n) is 3.11. The summed E-state index contributed by atoms with van der Waals surface area (Å²) in [5, 5.41) is 2.72. The van der Waals surface area contributed by atoms with Crippen LogP contribution in [0.25, 0.3) is 33.4 Å². The number of methoxy groups -OCH3 is 1. The zero-order chi connectivity index (χ0) is 19.7. The molecule has 0 aromatic carbocycles. The molecule has 0 radical (unpaired) electrons. The van der Waals surface area contributed by atoms with E-state index in [1.807, 2.05) is 49.5 Å². The number of hydrogen-bond acceptors (Lipinski definition) is 5. The van der Waals surface area contributed by atoms with Gasteiger partial charge in [0.15, 0.2) is 0 Å². The van der Waals surface area contributed by atoms with Gasteiger partial charge in [-0.2, -0.15) is 0 Å². The number of anilines is 1. The lowest BCUT2D eigenvalue weighted by molar-refractivity contribution is -0.114. The van der Waals surface area contributed by atoms with Gasteiger partial charge < -0.3 is 15.0 Å². The average Bonchev–Trinajstić information content (AvgIpc) is 3.07. The van der Waals surface area contributed by atoms with Crippen LogP contribution in [0.3, 0.4) is 0 Å². The topological polar surface area (TPSA) is 92.8 Å². The Labute approximate surface area is 161 Å². The molecule has 7 heteroatoms. The Bertz CT molecular complexity index is 1170. The molecule has 140 valence electrons.